The topological polar surface area (TPSA) is 41.6 Å². The molecule has 1 N–H and O–H groups in total. The van der Waals surface area contributed by atoms with Crippen LogP contribution in [0.25, 0.3) is 22.5 Å². The van der Waals surface area contributed by atoms with Gasteiger partial charge in [-0.15, -0.1) is 0 Å². The number of benzene rings is 1. The maximum Gasteiger partial charge on any atom is 0.135 e. The standard InChI is InChI=1S/C26H23F2N3/c1-25(2)21-9-5-7-19(29-21)15-13-16(18(28)14-17(15)27)20-8-6-10-22(30-20)26(3,4)24-12-11-23(25)31-24/h5-14,31H,1-4H3. The molecular formula is C26H23F2N3. The highest BCUT2D eigenvalue weighted by molar-refractivity contribution is 5.71. The summed E-state index contributed by atoms with van der Waals surface area (Å²) in [4.78, 5) is 13.1. The average molecular weight is 415 g/mol. The lowest BCUT2D eigenvalue weighted by molar-refractivity contribution is 0.567. The van der Waals surface area contributed by atoms with Crippen molar-refractivity contribution < 1.29 is 8.78 Å². The van der Waals surface area contributed by atoms with Gasteiger partial charge in [-0.05, 0) is 70.2 Å². The molecule has 3 nitrogen and oxygen atoms in total. The maximum atomic E-state index is 14.8. The van der Waals surface area contributed by atoms with Gasteiger partial charge in [-0.2, -0.15) is 0 Å². The van der Waals surface area contributed by atoms with Gasteiger partial charge in [0.2, 0.25) is 0 Å². The van der Waals surface area contributed by atoms with Crippen molar-refractivity contribution in [3.8, 4) is 22.5 Å². The Morgan fingerprint density at radius 3 is 1.55 bits per heavy atom. The fourth-order valence-corrected chi connectivity index (χ4v) is 4.21. The van der Waals surface area contributed by atoms with Crippen LogP contribution in [0.2, 0.25) is 0 Å². The molecule has 1 aliphatic rings. The van der Waals surface area contributed by atoms with E-state index in [1.54, 1.807) is 12.1 Å². The average Bonchev–Trinajstić information content (AvgIpc) is 3.26. The largest absolute Gasteiger partial charge is 0.361 e. The molecule has 5 rings (SSSR count). The summed E-state index contributed by atoms with van der Waals surface area (Å²) in [6, 6.07) is 17.7. The van der Waals surface area contributed by atoms with Crippen LogP contribution in [-0.2, 0) is 10.8 Å². The van der Waals surface area contributed by atoms with E-state index in [2.05, 4.69) is 44.8 Å². The van der Waals surface area contributed by atoms with E-state index in [4.69, 9.17) is 9.97 Å². The minimum atomic E-state index is -0.644. The van der Waals surface area contributed by atoms with Crippen molar-refractivity contribution >= 4 is 0 Å². The molecule has 0 radical (unpaired) electrons. The molecule has 0 amide bonds. The number of fused-ring (bicyclic) bond motifs is 10. The van der Waals surface area contributed by atoms with Gasteiger partial charge in [0.15, 0.2) is 0 Å². The number of nitrogens with zero attached hydrogens (tertiary/aromatic N) is 2. The second-order valence-electron chi connectivity index (χ2n) is 9.16. The quantitative estimate of drug-likeness (QED) is 0.362. The Balaban J connectivity index is 1.88. The van der Waals surface area contributed by atoms with Crippen molar-refractivity contribution in [2.75, 3.05) is 0 Å². The highest BCUT2D eigenvalue weighted by Gasteiger charge is 2.32. The van der Waals surface area contributed by atoms with Crippen LogP contribution in [0, 0.1) is 11.6 Å². The van der Waals surface area contributed by atoms with E-state index in [0.717, 1.165) is 28.8 Å². The molecule has 31 heavy (non-hydrogen) atoms. The molecule has 156 valence electrons. The monoisotopic (exact) mass is 415 g/mol. The number of hydrogen-bond donors (Lipinski definition) is 1. The predicted octanol–water partition coefficient (Wildman–Crippen LogP) is 6.38. The number of pyridine rings is 2. The summed E-state index contributed by atoms with van der Waals surface area (Å²) >= 11 is 0. The van der Waals surface area contributed by atoms with Gasteiger partial charge >= 0.3 is 0 Å². The first kappa shape index (κ1) is 19.6. The Morgan fingerprint density at radius 2 is 1.10 bits per heavy atom. The van der Waals surface area contributed by atoms with Gasteiger partial charge in [0, 0.05) is 39.4 Å². The van der Waals surface area contributed by atoms with Crippen LogP contribution in [0.3, 0.4) is 0 Å². The van der Waals surface area contributed by atoms with E-state index in [-0.39, 0.29) is 11.1 Å². The first-order valence-electron chi connectivity index (χ1n) is 10.3. The summed E-state index contributed by atoms with van der Waals surface area (Å²) in [5.41, 5.74) is 4.17. The molecule has 0 saturated carbocycles. The molecule has 0 unspecified atom stereocenters. The van der Waals surface area contributed by atoms with Crippen molar-refractivity contribution in [1.82, 2.24) is 15.0 Å². The van der Waals surface area contributed by atoms with Crippen LogP contribution >= 0.6 is 0 Å². The van der Waals surface area contributed by atoms with E-state index in [0.29, 0.717) is 11.4 Å². The van der Waals surface area contributed by atoms with Crippen molar-refractivity contribution in [3.63, 3.8) is 0 Å². The highest BCUT2D eigenvalue weighted by atomic mass is 19.1. The first-order chi connectivity index (χ1) is 14.7. The lowest BCUT2D eigenvalue weighted by atomic mass is 9.84. The fourth-order valence-electron chi connectivity index (χ4n) is 4.21. The smallest absolute Gasteiger partial charge is 0.135 e. The summed E-state index contributed by atoms with van der Waals surface area (Å²) in [6.45, 7) is 8.33. The van der Waals surface area contributed by atoms with Gasteiger partial charge in [-0.1, -0.05) is 12.1 Å². The Bertz CT molecular complexity index is 1220. The van der Waals surface area contributed by atoms with Crippen LogP contribution in [-0.4, -0.2) is 15.0 Å². The van der Waals surface area contributed by atoms with Crippen LogP contribution in [0.4, 0.5) is 8.78 Å². The number of hydrogen-bond acceptors (Lipinski definition) is 2. The Hall–Kier alpha value is -3.34. The number of aromatic nitrogens is 3. The van der Waals surface area contributed by atoms with Crippen LogP contribution in [0.15, 0.2) is 60.7 Å². The molecular weight excluding hydrogens is 392 g/mol. The van der Waals surface area contributed by atoms with Crippen molar-refractivity contribution in [2.24, 2.45) is 0 Å². The van der Waals surface area contributed by atoms with Crippen LogP contribution in [0.1, 0.15) is 50.5 Å². The zero-order chi connectivity index (χ0) is 22.0. The molecule has 3 aromatic heterocycles. The first-order valence-corrected chi connectivity index (χ1v) is 10.3. The lowest BCUT2D eigenvalue weighted by Gasteiger charge is -2.27. The lowest BCUT2D eigenvalue weighted by Crippen LogP contribution is -2.24. The molecule has 0 fully saturated rings. The maximum absolute atomic E-state index is 14.8. The fraction of sp³-hybridized carbons (Fsp3) is 0.231. The molecule has 1 aromatic carbocycles. The van der Waals surface area contributed by atoms with E-state index >= 15 is 0 Å². The third-order valence-corrected chi connectivity index (χ3v) is 6.42. The zero-order valence-electron chi connectivity index (χ0n) is 17.9. The molecule has 0 aliphatic carbocycles. The van der Waals surface area contributed by atoms with Crippen molar-refractivity contribution in [2.45, 2.75) is 38.5 Å². The van der Waals surface area contributed by atoms with Gasteiger partial charge in [0.1, 0.15) is 11.6 Å². The molecule has 0 saturated heterocycles. The third kappa shape index (κ3) is 2.99. The van der Waals surface area contributed by atoms with Crippen molar-refractivity contribution in [3.05, 3.63) is 95.1 Å². The molecule has 8 bridgehead atoms. The molecule has 0 spiro atoms. The number of aromatic amines is 1. The summed E-state index contributed by atoms with van der Waals surface area (Å²) in [6.07, 6.45) is 0. The predicted molar refractivity (Wildman–Crippen MR) is 118 cm³/mol. The molecule has 0 atom stereocenters. The van der Waals surface area contributed by atoms with Gasteiger partial charge in [0.25, 0.3) is 0 Å². The third-order valence-electron chi connectivity index (χ3n) is 6.42. The van der Waals surface area contributed by atoms with E-state index in [1.165, 1.54) is 6.07 Å². The Morgan fingerprint density at radius 1 is 0.645 bits per heavy atom. The number of nitrogens with one attached hydrogen (secondary N) is 1. The highest BCUT2D eigenvalue weighted by Crippen LogP contribution is 2.38. The molecule has 5 heteroatoms. The number of halogens is 2. The minimum Gasteiger partial charge on any atom is -0.361 e. The van der Waals surface area contributed by atoms with Gasteiger partial charge < -0.3 is 4.98 Å². The second kappa shape index (κ2) is 6.58. The molecule has 1 aliphatic heterocycles. The summed E-state index contributed by atoms with van der Waals surface area (Å²) in [7, 11) is 0. The number of H-pyrrole nitrogens is 1. The molecule has 4 heterocycles. The summed E-state index contributed by atoms with van der Waals surface area (Å²) in [5, 5.41) is 0. The summed E-state index contributed by atoms with van der Waals surface area (Å²) < 4.78 is 29.7. The van der Waals surface area contributed by atoms with E-state index < -0.39 is 22.5 Å². The van der Waals surface area contributed by atoms with Gasteiger partial charge in [-0.25, -0.2) is 8.78 Å². The Labute approximate surface area is 180 Å². The minimum absolute atomic E-state index is 0.254. The number of rotatable bonds is 0. The normalized spacial score (nSPS) is 15.9. The zero-order valence-corrected chi connectivity index (χ0v) is 17.9. The Kier molecular flexibility index (Phi) is 4.16. The van der Waals surface area contributed by atoms with Crippen LogP contribution < -0.4 is 0 Å². The van der Waals surface area contributed by atoms with Gasteiger partial charge in [0.05, 0.1) is 22.8 Å². The molecule has 4 aromatic rings. The van der Waals surface area contributed by atoms with Crippen LogP contribution in [0.5, 0.6) is 0 Å². The van der Waals surface area contributed by atoms with Crippen molar-refractivity contribution in [1.29, 1.82) is 0 Å². The SMILES string of the molecule is CC1(C)c2cccc(n2)-c2cc(c(F)cc2F)-c2cccc(n2)C(C)(C)c2ccc1[nH]2. The summed E-state index contributed by atoms with van der Waals surface area (Å²) in [5.74, 6) is -1.29. The van der Waals surface area contributed by atoms with Gasteiger partial charge in [-0.3, -0.25) is 9.97 Å². The second-order valence-corrected chi connectivity index (χ2v) is 9.16. The van der Waals surface area contributed by atoms with E-state index in [9.17, 15) is 8.78 Å². The van der Waals surface area contributed by atoms with E-state index in [1.807, 2.05) is 24.3 Å².